The van der Waals surface area contributed by atoms with Gasteiger partial charge in [-0.2, -0.15) is 4.31 Å². The molecule has 3 rings (SSSR count). The van der Waals surface area contributed by atoms with E-state index in [0.29, 0.717) is 18.0 Å². The van der Waals surface area contributed by atoms with Gasteiger partial charge in [-0.05, 0) is 37.0 Å². The Balaban J connectivity index is 1.84. The second kappa shape index (κ2) is 6.99. The lowest BCUT2D eigenvalue weighted by atomic mass is 9.91. The third kappa shape index (κ3) is 3.25. The quantitative estimate of drug-likeness (QED) is 0.746. The number of aryl methyl sites for hydroxylation is 1. The van der Waals surface area contributed by atoms with E-state index in [1.165, 1.54) is 0 Å². The summed E-state index contributed by atoms with van der Waals surface area (Å²) in [6.45, 7) is 0.967. The highest BCUT2D eigenvalue weighted by Gasteiger charge is 2.40. The van der Waals surface area contributed by atoms with Crippen molar-refractivity contribution >= 4 is 26.0 Å². The number of hydrogen-bond donors (Lipinski definition) is 0. The van der Waals surface area contributed by atoms with E-state index in [4.69, 9.17) is 4.74 Å². The number of fused-ring (bicyclic) bond motifs is 1. The molecule has 6 heteroatoms. The standard InChI is InChI=1S/C16H22BrNO3S/c17-10-9-13-5-7-14(8-6-13)22(19,20)18-11-12-21-16-4-2-1-3-15(16)18/h5-8,15-16H,1-4,9-12H2. The first-order valence-electron chi connectivity index (χ1n) is 7.91. The molecule has 1 aliphatic heterocycles. The minimum Gasteiger partial charge on any atom is -0.375 e. The van der Waals surface area contributed by atoms with Crippen molar-refractivity contribution in [3.63, 3.8) is 0 Å². The van der Waals surface area contributed by atoms with Crippen LogP contribution >= 0.6 is 15.9 Å². The molecule has 1 aromatic carbocycles. The van der Waals surface area contributed by atoms with E-state index < -0.39 is 10.0 Å². The monoisotopic (exact) mass is 387 g/mol. The van der Waals surface area contributed by atoms with Crippen molar-refractivity contribution in [3.05, 3.63) is 29.8 Å². The van der Waals surface area contributed by atoms with E-state index in [2.05, 4.69) is 15.9 Å². The van der Waals surface area contributed by atoms with Crippen LogP contribution in [-0.2, 0) is 21.2 Å². The van der Waals surface area contributed by atoms with Gasteiger partial charge in [0.15, 0.2) is 0 Å². The van der Waals surface area contributed by atoms with Crippen LogP contribution in [0.5, 0.6) is 0 Å². The van der Waals surface area contributed by atoms with Crippen molar-refractivity contribution in [2.75, 3.05) is 18.5 Å². The summed E-state index contributed by atoms with van der Waals surface area (Å²) < 4.78 is 33.4. The molecule has 1 saturated carbocycles. The maximum absolute atomic E-state index is 13.0. The van der Waals surface area contributed by atoms with Crippen LogP contribution in [-0.4, -0.2) is 43.4 Å². The van der Waals surface area contributed by atoms with Crippen molar-refractivity contribution in [2.45, 2.75) is 49.1 Å². The molecule has 0 radical (unpaired) electrons. The van der Waals surface area contributed by atoms with E-state index >= 15 is 0 Å². The number of sulfonamides is 1. The van der Waals surface area contributed by atoms with Crippen LogP contribution in [0.1, 0.15) is 31.2 Å². The van der Waals surface area contributed by atoms with Gasteiger partial charge in [0.1, 0.15) is 0 Å². The third-order valence-corrected chi connectivity index (χ3v) is 6.93. The van der Waals surface area contributed by atoms with Crippen LogP contribution in [0.25, 0.3) is 0 Å². The maximum atomic E-state index is 13.0. The van der Waals surface area contributed by atoms with Gasteiger partial charge in [-0.1, -0.05) is 40.9 Å². The van der Waals surface area contributed by atoms with Gasteiger partial charge in [0.25, 0.3) is 0 Å². The molecule has 2 fully saturated rings. The number of ether oxygens (including phenoxy) is 1. The van der Waals surface area contributed by atoms with Crippen LogP contribution in [0.2, 0.25) is 0 Å². The van der Waals surface area contributed by atoms with Gasteiger partial charge in [-0.25, -0.2) is 8.42 Å². The fourth-order valence-electron chi connectivity index (χ4n) is 3.43. The first-order chi connectivity index (χ1) is 10.6. The van der Waals surface area contributed by atoms with Crippen LogP contribution in [0.15, 0.2) is 29.2 Å². The molecule has 1 aromatic rings. The van der Waals surface area contributed by atoms with E-state index in [1.54, 1.807) is 16.4 Å². The summed E-state index contributed by atoms with van der Waals surface area (Å²) in [5.41, 5.74) is 1.15. The number of nitrogens with zero attached hydrogens (tertiary/aromatic N) is 1. The van der Waals surface area contributed by atoms with E-state index in [0.717, 1.165) is 43.0 Å². The Kier molecular flexibility index (Phi) is 5.22. The summed E-state index contributed by atoms with van der Waals surface area (Å²) in [5.74, 6) is 0. The molecule has 1 heterocycles. The average Bonchev–Trinajstić information content (AvgIpc) is 2.55. The van der Waals surface area contributed by atoms with Crippen molar-refractivity contribution in [1.82, 2.24) is 4.31 Å². The zero-order chi connectivity index (χ0) is 15.6. The smallest absolute Gasteiger partial charge is 0.243 e. The van der Waals surface area contributed by atoms with Crippen LogP contribution in [0.4, 0.5) is 0 Å². The molecular formula is C16H22BrNO3S. The summed E-state index contributed by atoms with van der Waals surface area (Å²) in [6.07, 6.45) is 5.08. The van der Waals surface area contributed by atoms with Gasteiger partial charge in [0.05, 0.1) is 23.6 Å². The molecule has 2 unspecified atom stereocenters. The number of benzene rings is 1. The predicted octanol–water partition coefficient (Wildman–Crippen LogP) is 2.96. The van der Waals surface area contributed by atoms with Gasteiger partial charge in [-0.3, -0.25) is 0 Å². The molecule has 1 aliphatic carbocycles. The van der Waals surface area contributed by atoms with Gasteiger partial charge >= 0.3 is 0 Å². The second-order valence-electron chi connectivity index (χ2n) is 5.96. The van der Waals surface area contributed by atoms with Crippen molar-refractivity contribution in [3.8, 4) is 0 Å². The average molecular weight is 388 g/mol. The fourth-order valence-corrected chi connectivity index (χ4v) is 5.55. The maximum Gasteiger partial charge on any atom is 0.243 e. The normalized spacial score (nSPS) is 26.6. The Morgan fingerprint density at radius 1 is 1.18 bits per heavy atom. The third-order valence-electron chi connectivity index (χ3n) is 4.59. The second-order valence-corrected chi connectivity index (χ2v) is 8.64. The molecule has 2 atom stereocenters. The summed E-state index contributed by atoms with van der Waals surface area (Å²) in [5, 5.41) is 0.881. The number of morpholine rings is 1. The molecule has 0 spiro atoms. The SMILES string of the molecule is O=S(=O)(c1ccc(CCBr)cc1)N1CCOC2CCCCC21. The van der Waals surface area contributed by atoms with Crippen LogP contribution < -0.4 is 0 Å². The van der Waals surface area contributed by atoms with Gasteiger partial charge in [0, 0.05) is 11.9 Å². The molecule has 122 valence electrons. The highest BCUT2D eigenvalue weighted by Crippen LogP contribution is 2.32. The van der Waals surface area contributed by atoms with E-state index in [1.807, 2.05) is 12.1 Å². The molecular weight excluding hydrogens is 366 g/mol. The van der Waals surface area contributed by atoms with Gasteiger partial charge < -0.3 is 4.74 Å². The largest absolute Gasteiger partial charge is 0.375 e. The summed E-state index contributed by atoms with van der Waals surface area (Å²) in [7, 11) is -3.42. The summed E-state index contributed by atoms with van der Waals surface area (Å²) in [6, 6.07) is 7.30. The molecule has 2 aliphatic rings. The highest BCUT2D eigenvalue weighted by atomic mass is 79.9. The van der Waals surface area contributed by atoms with Crippen molar-refractivity contribution in [1.29, 1.82) is 0 Å². The number of halogens is 1. The zero-order valence-electron chi connectivity index (χ0n) is 12.6. The van der Waals surface area contributed by atoms with Gasteiger partial charge in [-0.15, -0.1) is 0 Å². The molecule has 4 nitrogen and oxygen atoms in total. The first-order valence-corrected chi connectivity index (χ1v) is 10.5. The fraction of sp³-hybridized carbons (Fsp3) is 0.625. The molecule has 0 bridgehead atoms. The van der Waals surface area contributed by atoms with Gasteiger partial charge in [0.2, 0.25) is 10.0 Å². The molecule has 0 aromatic heterocycles. The zero-order valence-corrected chi connectivity index (χ0v) is 15.0. The molecule has 0 N–H and O–H groups in total. The van der Waals surface area contributed by atoms with Crippen molar-refractivity contribution < 1.29 is 13.2 Å². The Labute approximate surface area is 141 Å². The highest BCUT2D eigenvalue weighted by molar-refractivity contribution is 9.09. The molecule has 0 amide bonds. The van der Waals surface area contributed by atoms with E-state index in [-0.39, 0.29) is 12.1 Å². The number of rotatable bonds is 4. The predicted molar refractivity (Wildman–Crippen MR) is 89.8 cm³/mol. The van der Waals surface area contributed by atoms with Crippen LogP contribution in [0, 0.1) is 0 Å². The first kappa shape index (κ1) is 16.4. The number of hydrogen-bond acceptors (Lipinski definition) is 3. The lowest BCUT2D eigenvalue weighted by Gasteiger charge is -2.42. The molecule has 1 saturated heterocycles. The minimum absolute atomic E-state index is 0.00900. The van der Waals surface area contributed by atoms with Crippen LogP contribution in [0.3, 0.4) is 0 Å². The minimum atomic E-state index is -3.42. The number of alkyl halides is 1. The lowest BCUT2D eigenvalue weighted by molar-refractivity contribution is -0.0586. The lowest BCUT2D eigenvalue weighted by Crippen LogP contribution is -2.54. The summed E-state index contributed by atoms with van der Waals surface area (Å²) >= 11 is 3.40. The Bertz CT molecular complexity index is 600. The Hall–Kier alpha value is -0.430. The Morgan fingerprint density at radius 3 is 2.64 bits per heavy atom. The topological polar surface area (TPSA) is 46.6 Å². The Morgan fingerprint density at radius 2 is 1.91 bits per heavy atom. The van der Waals surface area contributed by atoms with Crippen molar-refractivity contribution in [2.24, 2.45) is 0 Å². The summed E-state index contributed by atoms with van der Waals surface area (Å²) in [4.78, 5) is 0.400. The molecule has 22 heavy (non-hydrogen) atoms. The van der Waals surface area contributed by atoms with E-state index in [9.17, 15) is 8.42 Å².